The van der Waals surface area contributed by atoms with Gasteiger partial charge in [-0.25, -0.2) is 0 Å². The fourth-order valence-corrected chi connectivity index (χ4v) is 2.15. The van der Waals surface area contributed by atoms with E-state index in [4.69, 9.17) is 5.73 Å². The summed E-state index contributed by atoms with van der Waals surface area (Å²) in [5.74, 6) is 0.0489. The number of para-hydroxylation sites is 1. The van der Waals surface area contributed by atoms with Gasteiger partial charge in [-0.15, -0.1) is 0 Å². The summed E-state index contributed by atoms with van der Waals surface area (Å²) < 4.78 is 0. The van der Waals surface area contributed by atoms with E-state index < -0.39 is 0 Å². The number of amides is 1. The molecule has 1 aliphatic rings. The standard InChI is InChI=1S/C13H19N3O/c14-9-11-5-1-2-6-12(11)15-13(17)10-16-7-3-4-8-16/h1-2,5-6H,3-4,7-10,14H2,(H,15,17). The van der Waals surface area contributed by atoms with E-state index in [1.165, 1.54) is 12.8 Å². The second-order valence-electron chi connectivity index (χ2n) is 4.39. The highest BCUT2D eigenvalue weighted by molar-refractivity contribution is 5.93. The first-order valence-electron chi connectivity index (χ1n) is 6.10. The number of likely N-dealkylation sites (tertiary alicyclic amines) is 1. The van der Waals surface area contributed by atoms with Crippen molar-refractivity contribution >= 4 is 11.6 Å². The number of rotatable bonds is 4. The molecule has 17 heavy (non-hydrogen) atoms. The number of nitrogens with one attached hydrogen (secondary N) is 1. The highest BCUT2D eigenvalue weighted by atomic mass is 16.2. The smallest absolute Gasteiger partial charge is 0.238 e. The van der Waals surface area contributed by atoms with Crippen molar-refractivity contribution in [1.82, 2.24) is 4.90 Å². The molecule has 0 spiro atoms. The van der Waals surface area contributed by atoms with Crippen LogP contribution >= 0.6 is 0 Å². The summed E-state index contributed by atoms with van der Waals surface area (Å²) in [6.07, 6.45) is 2.40. The maximum atomic E-state index is 11.8. The molecule has 1 fully saturated rings. The average Bonchev–Trinajstić information content (AvgIpc) is 2.82. The van der Waals surface area contributed by atoms with E-state index in [0.717, 1.165) is 24.3 Å². The summed E-state index contributed by atoms with van der Waals surface area (Å²) in [6, 6.07) is 7.67. The Morgan fingerprint density at radius 1 is 1.29 bits per heavy atom. The van der Waals surface area contributed by atoms with Crippen molar-refractivity contribution in [2.45, 2.75) is 19.4 Å². The molecule has 0 saturated carbocycles. The van der Waals surface area contributed by atoms with E-state index in [1.54, 1.807) is 0 Å². The number of carbonyl (C=O) groups excluding carboxylic acids is 1. The number of benzene rings is 1. The number of nitrogens with zero attached hydrogens (tertiary/aromatic N) is 1. The van der Waals surface area contributed by atoms with E-state index in [-0.39, 0.29) is 5.91 Å². The van der Waals surface area contributed by atoms with Gasteiger partial charge in [0.1, 0.15) is 0 Å². The topological polar surface area (TPSA) is 58.4 Å². The molecule has 0 unspecified atom stereocenters. The SMILES string of the molecule is NCc1ccccc1NC(=O)CN1CCCC1. The molecule has 0 radical (unpaired) electrons. The van der Waals surface area contributed by atoms with Gasteiger partial charge in [0, 0.05) is 12.2 Å². The molecule has 1 aromatic rings. The summed E-state index contributed by atoms with van der Waals surface area (Å²) >= 11 is 0. The number of nitrogens with two attached hydrogens (primary N) is 1. The molecule has 4 nitrogen and oxygen atoms in total. The molecule has 0 aliphatic carbocycles. The van der Waals surface area contributed by atoms with Crippen molar-refractivity contribution in [3.63, 3.8) is 0 Å². The second-order valence-corrected chi connectivity index (χ2v) is 4.39. The lowest BCUT2D eigenvalue weighted by atomic mass is 10.2. The number of anilines is 1. The summed E-state index contributed by atoms with van der Waals surface area (Å²) in [6.45, 7) is 3.00. The normalized spacial score (nSPS) is 16.1. The van der Waals surface area contributed by atoms with Crippen molar-refractivity contribution in [3.05, 3.63) is 29.8 Å². The van der Waals surface area contributed by atoms with Crippen LogP contribution in [0.5, 0.6) is 0 Å². The van der Waals surface area contributed by atoms with Gasteiger partial charge in [0.05, 0.1) is 6.54 Å². The van der Waals surface area contributed by atoms with Crippen molar-refractivity contribution in [1.29, 1.82) is 0 Å². The first-order valence-corrected chi connectivity index (χ1v) is 6.10. The zero-order valence-electron chi connectivity index (χ0n) is 9.98. The maximum absolute atomic E-state index is 11.8. The molecule has 1 aliphatic heterocycles. The Bertz CT molecular complexity index is 386. The van der Waals surface area contributed by atoms with Gasteiger partial charge in [0.2, 0.25) is 5.91 Å². The Morgan fingerprint density at radius 3 is 2.71 bits per heavy atom. The van der Waals surface area contributed by atoms with Gasteiger partial charge in [-0.2, -0.15) is 0 Å². The monoisotopic (exact) mass is 233 g/mol. The predicted molar refractivity (Wildman–Crippen MR) is 68.6 cm³/mol. The Labute approximate surface area is 102 Å². The summed E-state index contributed by atoms with van der Waals surface area (Å²) in [7, 11) is 0. The molecule has 3 N–H and O–H groups in total. The molecule has 1 amide bonds. The van der Waals surface area contributed by atoms with Gasteiger partial charge in [-0.1, -0.05) is 18.2 Å². The largest absolute Gasteiger partial charge is 0.326 e. The summed E-state index contributed by atoms with van der Waals surface area (Å²) in [5.41, 5.74) is 7.44. The number of hydrogen-bond donors (Lipinski definition) is 2. The van der Waals surface area contributed by atoms with Crippen molar-refractivity contribution in [2.24, 2.45) is 5.73 Å². The molecular formula is C13H19N3O. The lowest BCUT2D eigenvalue weighted by molar-refractivity contribution is -0.117. The lowest BCUT2D eigenvalue weighted by Crippen LogP contribution is -2.31. The highest BCUT2D eigenvalue weighted by Crippen LogP contribution is 2.14. The van der Waals surface area contributed by atoms with Gasteiger partial charge in [-0.05, 0) is 37.6 Å². The van der Waals surface area contributed by atoms with Crippen LogP contribution in [0, 0.1) is 0 Å². The Kier molecular flexibility index (Phi) is 4.12. The molecule has 4 heteroatoms. The average molecular weight is 233 g/mol. The molecule has 1 saturated heterocycles. The molecule has 2 rings (SSSR count). The van der Waals surface area contributed by atoms with E-state index in [2.05, 4.69) is 10.2 Å². The maximum Gasteiger partial charge on any atom is 0.238 e. The molecule has 92 valence electrons. The Hall–Kier alpha value is -1.39. The third kappa shape index (κ3) is 3.28. The predicted octanol–water partition coefficient (Wildman–Crippen LogP) is 1.18. The van der Waals surface area contributed by atoms with E-state index in [1.807, 2.05) is 24.3 Å². The first kappa shape index (κ1) is 12.1. The lowest BCUT2D eigenvalue weighted by Gasteiger charge is -2.15. The van der Waals surface area contributed by atoms with Crippen molar-refractivity contribution < 1.29 is 4.79 Å². The number of carbonyl (C=O) groups is 1. The van der Waals surface area contributed by atoms with E-state index in [9.17, 15) is 4.79 Å². The third-order valence-corrected chi connectivity index (χ3v) is 3.08. The molecule has 0 atom stereocenters. The first-order chi connectivity index (χ1) is 8.29. The minimum absolute atomic E-state index is 0.0489. The minimum atomic E-state index is 0.0489. The highest BCUT2D eigenvalue weighted by Gasteiger charge is 2.15. The quantitative estimate of drug-likeness (QED) is 0.821. The van der Waals surface area contributed by atoms with Crippen LogP contribution in [-0.4, -0.2) is 30.4 Å². The molecule has 1 aromatic carbocycles. The third-order valence-electron chi connectivity index (χ3n) is 3.08. The van der Waals surface area contributed by atoms with Crippen LogP contribution in [0.25, 0.3) is 0 Å². The van der Waals surface area contributed by atoms with Gasteiger partial charge in [-0.3, -0.25) is 9.69 Å². The molecule has 0 aromatic heterocycles. The van der Waals surface area contributed by atoms with E-state index in [0.29, 0.717) is 13.1 Å². The summed E-state index contributed by atoms with van der Waals surface area (Å²) in [5, 5.41) is 2.93. The van der Waals surface area contributed by atoms with Crippen LogP contribution in [0.3, 0.4) is 0 Å². The minimum Gasteiger partial charge on any atom is -0.326 e. The zero-order chi connectivity index (χ0) is 12.1. The fourth-order valence-electron chi connectivity index (χ4n) is 2.15. The van der Waals surface area contributed by atoms with Gasteiger partial charge in [0.25, 0.3) is 0 Å². The van der Waals surface area contributed by atoms with Crippen LogP contribution in [0.4, 0.5) is 5.69 Å². The fraction of sp³-hybridized carbons (Fsp3) is 0.462. The number of hydrogen-bond acceptors (Lipinski definition) is 3. The van der Waals surface area contributed by atoms with Crippen LogP contribution in [0.1, 0.15) is 18.4 Å². The van der Waals surface area contributed by atoms with Crippen molar-refractivity contribution in [3.8, 4) is 0 Å². The van der Waals surface area contributed by atoms with Gasteiger partial charge >= 0.3 is 0 Å². The Morgan fingerprint density at radius 2 is 2.00 bits per heavy atom. The van der Waals surface area contributed by atoms with Crippen molar-refractivity contribution in [2.75, 3.05) is 25.0 Å². The Balaban J connectivity index is 1.92. The second kappa shape index (κ2) is 5.80. The molecule has 1 heterocycles. The van der Waals surface area contributed by atoms with Gasteiger partial charge < -0.3 is 11.1 Å². The van der Waals surface area contributed by atoms with E-state index >= 15 is 0 Å². The van der Waals surface area contributed by atoms with Crippen LogP contribution in [0.15, 0.2) is 24.3 Å². The van der Waals surface area contributed by atoms with Gasteiger partial charge in [0.15, 0.2) is 0 Å². The molecule has 0 bridgehead atoms. The van der Waals surface area contributed by atoms with Crippen LogP contribution in [-0.2, 0) is 11.3 Å². The van der Waals surface area contributed by atoms with Crippen LogP contribution < -0.4 is 11.1 Å². The zero-order valence-corrected chi connectivity index (χ0v) is 9.98. The summed E-state index contributed by atoms with van der Waals surface area (Å²) in [4.78, 5) is 14.0. The van der Waals surface area contributed by atoms with Crippen LogP contribution in [0.2, 0.25) is 0 Å². The molecular weight excluding hydrogens is 214 g/mol.